The maximum absolute atomic E-state index is 13.0. The van der Waals surface area contributed by atoms with E-state index in [1.54, 1.807) is 54.7 Å². The lowest BCUT2D eigenvalue weighted by Gasteiger charge is -2.13. The fourth-order valence-corrected chi connectivity index (χ4v) is 3.40. The number of benzene rings is 4. The summed E-state index contributed by atoms with van der Waals surface area (Å²) in [6.45, 7) is 0. The van der Waals surface area contributed by atoms with Gasteiger partial charge in [0.1, 0.15) is 11.5 Å². The maximum atomic E-state index is 13.0. The lowest BCUT2D eigenvalue weighted by atomic mass is 9.99. The number of phenols is 1. The summed E-state index contributed by atoms with van der Waals surface area (Å²) < 4.78 is 5.29. The Morgan fingerprint density at radius 3 is 2.52 bits per heavy atom. The summed E-state index contributed by atoms with van der Waals surface area (Å²) in [5.74, 6) is -0.0710. The average molecular weight is 431 g/mol. The van der Waals surface area contributed by atoms with Crippen LogP contribution in [0.4, 0.5) is 11.4 Å². The average Bonchev–Trinajstić information content (AvgIpc) is 2.79. The first-order valence-electron chi connectivity index (χ1n) is 9.55. The van der Waals surface area contributed by atoms with Crippen molar-refractivity contribution in [2.24, 2.45) is 4.99 Å². The van der Waals surface area contributed by atoms with E-state index in [2.05, 4.69) is 10.3 Å². The molecule has 4 rings (SSSR count). The van der Waals surface area contributed by atoms with Crippen LogP contribution in [0.1, 0.15) is 15.9 Å². The van der Waals surface area contributed by atoms with Gasteiger partial charge in [0, 0.05) is 16.8 Å². The van der Waals surface area contributed by atoms with Crippen molar-refractivity contribution in [3.8, 4) is 11.5 Å². The number of methoxy groups -OCH3 is 1. The van der Waals surface area contributed by atoms with Crippen molar-refractivity contribution < 1.29 is 14.6 Å². The zero-order chi connectivity index (χ0) is 21.8. The smallest absolute Gasteiger partial charge is 0.259 e. The van der Waals surface area contributed by atoms with Gasteiger partial charge in [-0.1, -0.05) is 48.0 Å². The number of rotatable bonds is 5. The Balaban J connectivity index is 1.77. The zero-order valence-corrected chi connectivity index (χ0v) is 17.4. The molecule has 4 aromatic carbocycles. The second-order valence-electron chi connectivity index (χ2n) is 6.80. The van der Waals surface area contributed by atoms with Crippen LogP contribution in [-0.4, -0.2) is 24.3 Å². The number of phenolic OH excluding ortho intramolecular Hbond substituents is 1. The van der Waals surface area contributed by atoms with Gasteiger partial charge in [-0.25, -0.2) is 0 Å². The standard InChI is InChI=1S/C25H19ClN2O3/c1-31-23-9-5-4-8-22(23)28-25(30)20-14-16-6-2-3-7-19(16)21(24(20)29)15-27-18-12-10-17(26)11-13-18/h2-15,29H,1H3,(H,28,30). The van der Waals surface area contributed by atoms with Crippen molar-refractivity contribution in [1.29, 1.82) is 0 Å². The zero-order valence-electron chi connectivity index (χ0n) is 16.7. The van der Waals surface area contributed by atoms with Crippen LogP contribution in [0.25, 0.3) is 10.8 Å². The Bertz CT molecular complexity index is 1280. The van der Waals surface area contributed by atoms with Crippen molar-refractivity contribution >= 4 is 45.9 Å². The summed E-state index contributed by atoms with van der Waals surface area (Å²) in [4.78, 5) is 17.5. The van der Waals surface area contributed by atoms with Crippen LogP contribution in [-0.2, 0) is 0 Å². The highest BCUT2D eigenvalue weighted by atomic mass is 35.5. The summed E-state index contributed by atoms with van der Waals surface area (Å²) in [6, 6.07) is 23.3. The van der Waals surface area contributed by atoms with Crippen molar-refractivity contribution in [3.63, 3.8) is 0 Å². The molecule has 0 atom stereocenters. The molecule has 0 aliphatic carbocycles. The Labute approximate surface area is 184 Å². The number of aromatic hydroxyl groups is 1. The topological polar surface area (TPSA) is 70.9 Å². The van der Waals surface area contributed by atoms with E-state index in [-0.39, 0.29) is 11.3 Å². The summed E-state index contributed by atoms with van der Waals surface area (Å²) in [6.07, 6.45) is 1.56. The third kappa shape index (κ3) is 4.37. The molecule has 0 aromatic heterocycles. The molecule has 31 heavy (non-hydrogen) atoms. The Kier molecular flexibility index (Phi) is 5.87. The van der Waals surface area contributed by atoms with E-state index in [4.69, 9.17) is 16.3 Å². The number of anilines is 1. The molecule has 0 aliphatic heterocycles. The highest BCUT2D eigenvalue weighted by molar-refractivity contribution is 6.30. The van der Waals surface area contributed by atoms with Gasteiger partial charge in [0.05, 0.1) is 24.0 Å². The van der Waals surface area contributed by atoms with Gasteiger partial charge < -0.3 is 15.2 Å². The number of hydrogen-bond acceptors (Lipinski definition) is 4. The molecule has 4 aromatic rings. The molecule has 0 unspecified atom stereocenters. The third-order valence-corrected chi connectivity index (χ3v) is 5.08. The predicted molar refractivity (Wildman–Crippen MR) is 125 cm³/mol. The third-order valence-electron chi connectivity index (χ3n) is 4.83. The molecule has 0 fully saturated rings. The Hall–Kier alpha value is -3.83. The molecular weight excluding hydrogens is 412 g/mol. The van der Waals surface area contributed by atoms with Crippen LogP contribution < -0.4 is 10.1 Å². The molecule has 2 N–H and O–H groups in total. The highest BCUT2D eigenvalue weighted by Gasteiger charge is 2.18. The number of fused-ring (bicyclic) bond motifs is 1. The van der Waals surface area contributed by atoms with E-state index < -0.39 is 5.91 Å². The van der Waals surface area contributed by atoms with Gasteiger partial charge in [-0.2, -0.15) is 0 Å². The minimum Gasteiger partial charge on any atom is -0.506 e. The van der Waals surface area contributed by atoms with E-state index >= 15 is 0 Å². The van der Waals surface area contributed by atoms with E-state index in [0.717, 1.165) is 10.8 Å². The molecule has 0 saturated heterocycles. The molecule has 1 amide bonds. The normalized spacial score (nSPS) is 11.0. The highest BCUT2D eigenvalue weighted by Crippen LogP contribution is 2.32. The number of carbonyl (C=O) groups excluding carboxylic acids is 1. The van der Waals surface area contributed by atoms with Crippen LogP contribution in [0.15, 0.2) is 83.9 Å². The molecule has 0 spiro atoms. The van der Waals surface area contributed by atoms with Gasteiger partial charge in [0.15, 0.2) is 0 Å². The van der Waals surface area contributed by atoms with Gasteiger partial charge in [-0.3, -0.25) is 9.79 Å². The van der Waals surface area contributed by atoms with Gasteiger partial charge in [0.25, 0.3) is 5.91 Å². The number of amides is 1. The number of halogens is 1. The van der Waals surface area contributed by atoms with Crippen LogP contribution >= 0.6 is 11.6 Å². The van der Waals surface area contributed by atoms with Crippen molar-refractivity contribution in [2.45, 2.75) is 0 Å². The summed E-state index contributed by atoms with van der Waals surface area (Å²) in [5.41, 5.74) is 1.79. The Morgan fingerprint density at radius 1 is 1.03 bits per heavy atom. The summed E-state index contributed by atoms with van der Waals surface area (Å²) in [5, 5.41) is 16.0. The van der Waals surface area contributed by atoms with Gasteiger partial charge in [-0.15, -0.1) is 0 Å². The Morgan fingerprint density at radius 2 is 1.74 bits per heavy atom. The number of hydrogen-bond donors (Lipinski definition) is 2. The van der Waals surface area contributed by atoms with E-state index in [0.29, 0.717) is 27.7 Å². The number of nitrogens with zero attached hydrogens (tertiary/aromatic N) is 1. The SMILES string of the molecule is COc1ccccc1NC(=O)c1cc2ccccc2c(C=Nc2ccc(Cl)cc2)c1O. The molecule has 0 heterocycles. The number of nitrogens with one attached hydrogen (secondary N) is 1. The largest absolute Gasteiger partial charge is 0.506 e. The number of para-hydroxylation sites is 2. The van der Waals surface area contributed by atoms with E-state index in [9.17, 15) is 9.90 Å². The van der Waals surface area contributed by atoms with E-state index in [1.807, 2.05) is 30.3 Å². The monoisotopic (exact) mass is 430 g/mol. The minimum atomic E-state index is -0.450. The summed E-state index contributed by atoms with van der Waals surface area (Å²) in [7, 11) is 1.53. The maximum Gasteiger partial charge on any atom is 0.259 e. The molecule has 0 saturated carbocycles. The number of ether oxygens (including phenoxy) is 1. The molecule has 0 radical (unpaired) electrons. The van der Waals surface area contributed by atoms with Gasteiger partial charge in [-0.05, 0) is 53.2 Å². The van der Waals surface area contributed by atoms with Gasteiger partial charge in [0.2, 0.25) is 0 Å². The molecular formula is C25H19ClN2O3. The lowest BCUT2D eigenvalue weighted by Crippen LogP contribution is -2.13. The first kappa shape index (κ1) is 20.4. The molecule has 5 nitrogen and oxygen atoms in total. The van der Waals surface area contributed by atoms with Crippen molar-refractivity contribution in [3.05, 3.63) is 95.0 Å². The van der Waals surface area contributed by atoms with Gasteiger partial charge >= 0.3 is 0 Å². The van der Waals surface area contributed by atoms with Crippen molar-refractivity contribution in [1.82, 2.24) is 0 Å². The molecule has 6 heteroatoms. The van der Waals surface area contributed by atoms with Crippen LogP contribution in [0.5, 0.6) is 11.5 Å². The fourth-order valence-electron chi connectivity index (χ4n) is 3.27. The minimum absolute atomic E-state index is 0.141. The quantitative estimate of drug-likeness (QED) is 0.370. The number of carbonyl (C=O) groups is 1. The van der Waals surface area contributed by atoms with Crippen LogP contribution in [0.3, 0.4) is 0 Å². The van der Waals surface area contributed by atoms with Crippen LogP contribution in [0, 0.1) is 0 Å². The van der Waals surface area contributed by atoms with Crippen molar-refractivity contribution in [2.75, 3.05) is 12.4 Å². The first-order valence-corrected chi connectivity index (χ1v) is 9.93. The van der Waals surface area contributed by atoms with E-state index in [1.165, 1.54) is 7.11 Å². The fraction of sp³-hybridized carbons (Fsp3) is 0.0400. The second kappa shape index (κ2) is 8.90. The lowest BCUT2D eigenvalue weighted by molar-refractivity contribution is 0.102. The first-order chi connectivity index (χ1) is 15.1. The van der Waals surface area contributed by atoms with Crippen LogP contribution in [0.2, 0.25) is 5.02 Å². The molecule has 0 bridgehead atoms. The second-order valence-corrected chi connectivity index (χ2v) is 7.23. The molecule has 154 valence electrons. The number of aliphatic imine (C=N–C) groups is 1. The molecule has 0 aliphatic rings. The predicted octanol–water partition coefficient (Wildman–Crippen LogP) is 6.21. The summed E-state index contributed by atoms with van der Waals surface area (Å²) >= 11 is 5.93.